The number of esters is 1. The van der Waals surface area contributed by atoms with Gasteiger partial charge in [-0.1, -0.05) is 30.3 Å². The van der Waals surface area contributed by atoms with Gasteiger partial charge in [-0.3, -0.25) is 4.90 Å². The highest BCUT2D eigenvalue weighted by molar-refractivity contribution is 5.89. The van der Waals surface area contributed by atoms with Crippen LogP contribution in [0, 0.1) is 0 Å². The van der Waals surface area contributed by atoms with Crippen LogP contribution in [-0.2, 0) is 4.74 Å². The third kappa shape index (κ3) is 4.99. The minimum Gasteiger partial charge on any atom is -0.497 e. The van der Waals surface area contributed by atoms with E-state index in [9.17, 15) is 4.79 Å². The van der Waals surface area contributed by atoms with Crippen molar-refractivity contribution in [2.24, 2.45) is 0 Å². The molecule has 4 nitrogen and oxygen atoms in total. The molecule has 2 aromatic carbocycles. The van der Waals surface area contributed by atoms with Crippen molar-refractivity contribution in [3.05, 3.63) is 65.7 Å². The zero-order valence-electron chi connectivity index (χ0n) is 18.3. The number of carbonyl (C=O) groups excluding carboxylic acids is 1. The van der Waals surface area contributed by atoms with Crippen LogP contribution in [0.1, 0.15) is 69.0 Å². The average Bonchev–Trinajstić information content (AvgIpc) is 2.70. The van der Waals surface area contributed by atoms with Gasteiger partial charge < -0.3 is 9.47 Å². The number of carbonyl (C=O) groups is 1. The molecule has 3 rings (SSSR count). The summed E-state index contributed by atoms with van der Waals surface area (Å²) in [5, 5.41) is 0. The summed E-state index contributed by atoms with van der Waals surface area (Å²) in [6.07, 6.45) is 3.18. The van der Waals surface area contributed by atoms with E-state index in [0.29, 0.717) is 12.1 Å². The summed E-state index contributed by atoms with van der Waals surface area (Å²) in [4.78, 5) is 15.4. The standard InChI is InChI=1S/C25H33NO3/c1-24(2)16-9-17-25(3,4)26(24)18-22(19-10-7-6-8-11-19)29-23(27)20-12-14-21(28-5)15-13-20/h6-8,10-15,22H,9,16-18H2,1-5H3. The van der Waals surface area contributed by atoms with Crippen molar-refractivity contribution < 1.29 is 14.3 Å². The second-order valence-electron chi connectivity index (χ2n) is 9.12. The lowest BCUT2D eigenvalue weighted by Crippen LogP contribution is -2.59. The van der Waals surface area contributed by atoms with Crippen molar-refractivity contribution in [3.63, 3.8) is 0 Å². The Morgan fingerprint density at radius 1 is 0.966 bits per heavy atom. The highest BCUT2D eigenvalue weighted by Gasteiger charge is 2.42. The maximum atomic E-state index is 12.9. The average molecular weight is 396 g/mol. The molecule has 0 spiro atoms. The molecule has 1 heterocycles. The lowest BCUT2D eigenvalue weighted by molar-refractivity contribution is -0.0610. The molecule has 0 aromatic heterocycles. The SMILES string of the molecule is COc1ccc(C(=O)OC(CN2C(C)(C)CCCC2(C)C)c2ccccc2)cc1. The number of piperidine rings is 1. The van der Waals surface area contributed by atoms with Crippen LogP contribution < -0.4 is 4.74 Å². The molecule has 1 aliphatic rings. The summed E-state index contributed by atoms with van der Waals surface area (Å²) in [5.74, 6) is 0.409. The topological polar surface area (TPSA) is 38.8 Å². The van der Waals surface area contributed by atoms with Crippen LogP contribution >= 0.6 is 0 Å². The van der Waals surface area contributed by atoms with Crippen molar-refractivity contribution in [1.82, 2.24) is 4.90 Å². The maximum Gasteiger partial charge on any atom is 0.338 e. The fourth-order valence-corrected chi connectivity index (χ4v) is 4.51. The molecule has 1 aliphatic heterocycles. The molecule has 29 heavy (non-hydrogen) atoms. The molecule has 0 N–H and O–H groups in total. The number of hydrogen-bond donors (Lipinski definition) is 0. The second kappa shape index (κ2) is 8.58. The van der Waals surface area contributed by atoms with Gasteiger partial charge in [0.25, 0.3) is 0 Å². The van der Waals surface area contributed by atoms with E-state index in [1.54, 1.807) is 31.4 Å². The molecule has 1 fully saturated rings. The van der Waals surface area contributed by atoms with E-state index in [4.69, 9.17) is 9.47 Å². The minimum atomic E-state index is -0.331. The Labute approximate surface area is 174 Å². The molecule has 4 heteroatoms. The highest BCUT2D eigenvalue weighted by Crippen LogP contribution is 2.40. The summed E-state index contributed by atoms with van der Waals surface area (Å²) in [5.41, 5.74) is 1.67. The maximum absolute atomic E-state index is 12.9. The number of likely N-dealkylation sites (tertiary alicyclic amines) is 1. The van der Waals surface area contributed by atoms with Gasteiger partial charge in [-0.15, -0.1) is 0 Å². The van der Waals surface area contributed by atoms with Crippen molar-refractivity contribution in [1.29, 1.82) is 0 Å². The first-order valence-electron chi connectivity index (χ1n) is 10.4. The van der Waals surface area contributed by atoms with Crippen LogP contribution in [0.5, 0.6) is 5.75 Å². The van der Waals surface area contributed by atoms with Crippen LogP contribution in [0.25, 0.3) is 0 Å². The molecule has 0 amide bonds. The molecule has 156 valence electrons. The Balaban J connectivity index is 1.86. The molecule has 0 saturated carbocycles. The van der Waals surface area contributed by atoms with Gasteiger partial charge in [0.15, 0.2) is 0 Å². The van der Waals surface area contributed by atoms with Crippen molar-refractivity contribution in [2.75, 3.05) is 13.7 Å². The fourth-order valence-electron chi connectivity index (χ4n) is 4.51. The molecule has 0 aliphatic carbocycles. The monoisotopic (exact) mass is 395 g/mol. The molecule has 2 aromatic rings. The third-order valence-electron chi connectivity index (χ3n) is 6.13. The summed E-state index contributed by atoms with van der Waals surface area (Å²) in [6.45, 7) is 9.84. The largest absolute Gasteiger partial charge is 0.497 e. The normalized spacial score (nSPS) is 19.3. The smallest absolute Gasteiger partial charge is 0.338 e. The van der Waals surface area contributed by atoms with Crippen LogP contribution in [0.4, 0.5) is 0 Å². The Kier molecular flexibility index (Phi) is 6.33. The van der Waals surface area contributed by atoms with Gasteiger partial charge in [0.05, 0.1) is 12.7 Å². The third-order valence-corrected chi connectivity index (χ3v) is 6.13. The van der Waals surface area contributed by atoms with Crippen LogP contribution in [0.2, 0.25) is 0 Å². The molecular weight excluding hydrogens is 362 g/mol. The predicted octanol–water partition coefficient (Wildman–Crippen LogP) is 5.64. The summed E-state index contributed by atoms with van der Waals surface area (Å²) in [6, 6.07) is 17.1. The zero-order chi connectivity index (χ0) is 21.1. The first-order valence-corrected chi connectivity index (χ1v) is 10.4. The van der Waals surface area contributed by atoms with Gasteiger partial charge >= 0.3 is 5.97 Å². The predicted molar refractivity (Wildman–Crippen MR) is 116 cm³/mol. The number of methoxy groups -OCH3 is 1. The molecule has 1 saturated heterocycles. The Bertz CT molecular complexity index is 796. The number of benzene rings is 2. The van der Waals surface area contributed by atoms with E-state index in [1.807, 2.05) is 30.3 Å². The van der Waals surface area contributed by atoms with Gasteiger partial charge in [0.2, 0.25) is 0 Å². The van der Waals surface area contributed by atoms with Gasteiger partial charge in [0.1, 0.15) is 11.9 Å². The van der Waals surface area contributed by atoms with Gasteiger partial charge in [-0.2, -0.15) is 0 Å². The minimum absolute atomic E-state index is 0.0568. The Morgan fingerprint density at radius 3 is 2.10 bits per heavy atom. The first-order chi connectivity index (χ1) is 13.7. The zero-order valence-corrected chi connectivity index (χ0v) is 18.3. The van der Waals surface area contributed by atoms with Crippen molar-refractivity contribution in [3.8, 4) is 5.75 Å². The van der Waals surface area contributed by atoms with Crippen LogP contribution in [0.15, 0.2) is 54.6 Å². The van der Waals surface area contributed by atoms with Crippen LogP contribution in [0.3, 0.4) is 0 Å². The number of nitrogens with zero attached hydrogens (tertiary/aromatic N) is 1. The first kappa shape index (κ1) is 21.4. The van der Waals surface area contributed by atoms with E-state index < -0.39 is 0 Å². The highest BCUT2D eigenvalue weighted by atomic mass is 16.5. The summed E-state index contributed by atoms with van der Waals surface area (Å²) < 4.78 is 11.3. The van der Waals surface area contributed by atoms with E-state index in [0.717, 1.165) is 24.2 Å². The van der Waals surface area contributed by atoms with Gasteiger partial charge in [-0.05, 0) is 76.8 Å². The van der Waals surface area contributed by atoms with E-state index >= 15 is 0 Å². The molecule has 0 bridgehead atoms. The summed E-state index contributed by atoms with van der Waals surface area (Å²) >= 11 is 0. The van der Waals surface area contributed by atoms with E-state index in [-0.39, 0.29) is 23.2 Å². The Morgan fingerprint density at radius 2 is 1.55 bits per heavy atom. The number of ether oxygens (including phenoxy) is 2. The molecule has 0 radical (unpaired) electrons. The van der Waals surface area contributed by atoms with Crippen molar-refractivity contribution >= 4 is 5.97 Å². The van der Waals surface area contributed by atoms with Gasteiger partial charge in [-0.25, -0.2) is 4.79 Å². The molecular formula is C25H33NO3. The lowest BCUT2D eigenvalue weighted by atomic mass is 9.79. The Hall–Kier alpha value is -2.33. The van der Waals surface area contributed by atoms with Gasteiger partial charge in [0, 0.05) is 17.6 Å². The van der Waals surface area contributed by atoms with Crippen molar-refractivity contribution in [2.45, 2.75) is 64.1 Å². The molecule has 1 atom stereocenters. The quantitative estimate of drug-likeness (QED) is 0.594. The van der Waals surface area contributed by atoms with Crippen LogP contribution in [-0.4, -0.2) is 35.6 Å². The second-order valence-corrected chi connectivity index (χ2v) is 9.12. The van der Waals surface area contributed by atoms with E-state index in [2.05, 4.69) is 32.6 Å². The number of hydrogen-bond acceptors (Lipinski definition) is 4. The fraction of sp³-hybridized carbons (Fsp3) is 0.480. The lowest BCUT2D eigenvalue weighted by Gasteiger charge is -2.53. The molecule has 1 unspecified atom stereocenters. The summed E-state index contributed by atoms with van der Waals surface area (Å²) in [7, 11) is 1.61. The number of rotatable bonds is 6. The van der Waals surface area contributed by atoms with E-state index in [1.165, 1.54) is 6.42 Å².